The van der Waals surface area contributed by atoms with Gasteiger partial charge in [-0.25, -0.2) is 4.98 Å². The fourth-order valence-electron chi connectivity index (χ4n) is 2.89. The quantitative estimate of drug-likeness (QED) is 0.729. The van der Waals surface area contributed by atoms with Crippen molar-refractivity contribution in [3.63, 3.8) is 0 Å². The van der Waals surface area contributed by atoms with Gasteiger partial charge in [0.2, 0.25) is 0 Å². The average molecular weight is 343 g/mol. The Bertz CT molecular complexity index is 773. The molecule has 0 aliphatic carbocycles. The Kier molecular flexibility index (Phi) is 5.38. The second-order valence-corrected chi connectivity index (χ2v) is 5.91. The number of nitrogens with zero attached hydrogens (tertiary/aromatic N) is 2. The molecule has 0 spiro atoms. The van der Waals surface area contributed by atoms with Crippen LogP contribution in [0, 0.1) is 0 Å². The summed E-state index contributed by atoms with van der Waals surface area (Å²) in [7, 11) is 0. The molecular formula is C19H23ClN4. The van der Waals surface area contributed by atoms with Crippen LogP contribution in [-0.2, 0) is 0 Å². The van der Waals surface area contributed by atoms with E-state index in [4.69, 9.17) is 11.6 Å². The highest BCUT2D eigenvalue weighted by Crippen LogP contribution is 2.31. The molecule has 0 atom stereocenters. The van der Waals surface area contributed by atoms with Gasteiger partial charge in [-0.2, -0.15) is 0 Å². The molecule has 0 amide bonds. The van der Waals surface area contributed by atoms with Crippen molar-refractivity contribution in [3.8, 4) is 11.4 Å². The highest BCUT2D eigenvalue weighted by atomic mass is 35.5. The van der Waals surface area contributed by atoms with E-state index in [1.807, 2.05) is 44.2 Å². The summed E-state index contributed by atoms with van der Waals surface area (Å²) in [6, 6.07) is 14.2. The Balaban J connectivity index is 0.000000815. The molecule has 2 N–H and O–H groups in total. The Labute approximate surface area is 147 Å². The lowest BCUT2D eigenvalue weighted by molar-refractivity contribution is 0.589. The molecule has 1 fully saturated rings. The third-order valence-corrected chi connectivity index (χ3v) is 4.41. The SMILES string of the molecule is CC.Clc1ccc(N2CCNCC2)cc1-c1nc2ccccc2[nH]1. The number of nitrogens with one attached hydrogen (secondary N) is 2. The summed E-state index contributed by atoms with van der Waals surface area (Å²) in [5.74, 6) is 0.822. The average Bonchev–Trinajstić information content (AvgIpc) is 3.08. The monoisotopic (exact) mass is 342 g/mol. The third kappa shape index (κ3) is 3.40. The maximum absolute atomic E-state index is 6.41. The predicted octanol–water partition coefficient (Wildman–Crippen LogP) is 4.32. The molecule has 4 rings (SSSR count). The topological polar surface area (TPSA) is 44.0 Å². The molecule has 1 aromatic heterocycles. The molecule has 5 heteroatoms. The summed E-state index contributed by atoms with van der Waals surface area (Å²) in [6.07, 6.45) is 0. The van der Waals surface area contributed by atoms with Crippen molar-refractivity contribution in [1.29, 1.82) is 0 Å². The summed E-state index contributed by atoms with van der Waals surface area (Å²) in [6.45, 7) is 8.06. The molecule has 1 aliphatic heterocycles. The second-order valence-electron chi connectivity index (χ2n) is 5.50. The molecule has 2 heterocycles. The van der Waals surface area contributed by atoms with Crippen LogP contribution in [0.2, 0.25) is 5.02 Å². The zero-order valence-electron chi connectivity index (χ0n) is 14.1. The van der Waals surface area contributed by atoms with Crippen LogP contribution in [0.4, 0.5) is 5.69 Å². The van der Waals surface area contributed by atoms with Gasteiger partial charge >= 0.3 is 0 Å². The van der Waals surface area contributed by atoms with Crippen molar-refractivity contribution >= 4 is 28.3 Å². The van der Waals surface area contributed by atoms with Crippen molar-refractivity contribution < 1.29 is 0 Å². The number of imidazole rings is 1. The van der Waals surface area contributed by atoms with Crippen molar-refractivity contribution in [2.45, 2.75) is 13.8 Å². The lowest BCUT2D eigenvalue weighted by atomic mass is 10.1. The van der Waals surface area contributed by atoms with E-state index in [2.05, 4.69) is 32.3 Å². The number of hydrogen-bond donors (Lipinski definition) is 2. The highest BCUT2D eigenvalue weighted by Gasteiger charge is 2.14. The van der Waals surface area contributed by atoms with Gasteiger partial charge in [0.25, 0.3) is 0 Å². The first-order chi connectivity index (χ1) is 11.8. The van der Waals surface area contributed by atoms with Crippen LogP contribution < -0.4 is 10.2 Å². The van der Waals surface area contributed by atoms with Crippen LogP contribution in [0.15, 0.2) is 42.5 Å². The first-order valence-corrected chi connectivity index (χ1v) is 8.89. The Hall–Kier alpha value is -2.04. The number of para-hydroxylation sites is 2. The van der Waals surface area contributed by atoms with E-state index < -0.39 is 0 Å². The fraction of sp³-hybridized carbons (Fsp3) is 0.316. The van der Waals surface area contributed by atoms with E-state index in [-0.39, 0.29) is 0 Å². The number of rotatable bonds is 2. The maximum atomic E-state index is 6.41. The molecule has 126 valence electrons. The van der Waals surface area contributed by atoms with Crippen molar-refractivity contribution in [2.24, 2.45) is 0 Å². The van der Waals surface area contributed by atoms with E-state index in [9.17, 15) is 0 Å². The van der Waals surface area contributed by atoms with E-state index in [1.165, 1.54) is 5.69 Å². The van der Waals surface area contributed by atoms with E-state index >= 15 is 0 Å². The molecule has 3 aromatic rings. The Morgan fingerprint density at radius 2 is 1.79 bits per heavy atom. The first kappa shape index (κ1) is 16.8. The van der Waals surface area contributed by atoms with Gasteiger partial charge in [0, 0.05) is 37.4 Å². The van der Waals surface area contributed by atoms with Crippen LogP contribution in [-0.4, -0.2) is 36.1 Å². The highest BCUT2D eigenvalue weighted by molar-refractivity contribution is 6.33. The fourth-order valence-corrected chi connectivity index (χ4v) is 3.10. The van der Waals surface area contributed by atoms with E-state index in [1.54, 1.807) is 0 Å². The number of aromatic nitrogens is 2. The molecule has 0 bridgehead atoms. The molecule has 2 aromatic carbocycles. The Morgan fingerprint density at radius 3 is 2.54 bits per heavy atom. The minimum atomic E-state index is 0.720. The molecule has 4 nitrogen and oxygen atoms in total. The number of anilines is 1. The van der Waals surface area contributed by atoms with Crippen LogP contribution in [0.25, 0.3) is 22.4 Å². The van der Waals surface area contributed by atoms with Gasteiger partial charge in [-0.15, -0.1) is 0 Å². The Morgan fingerprint density at radius 1 is 1.04 bits per heavy atom. The van der Waals surface area contributed by atoms with Gasteiger partial charge in [0.1, 0.15) is 5.82 Å². The van der Waals surface area contributed by atoms with Crippen LogP contribution in [0.5, 0.6) is 0 Å². The summed E-state index contributed by atoms with van der Waals surface area (Å²) in [5.41, 5.74) is 4.14. The van der Waals surface area contributed by atoms with Gasteiger partial charge in [0.05, 0.1) is 16.1 Å². The number of piperazine rings is 1. The van der Waals surface area contributed by atoms with E-state index in [0.717, 1.165) is 53.6 Å². The van der Waals surface area contributed by atoms with Crippen molar-refractivity contribution in [3.05, 3.63) is 47.5 Å². The number of hydrogen-bond acceptors (Lipinski definition) is 3. The summed E-state index contributed by atoms with van der Waals surface area (Å²) in [5, 5.41) is 4.09. The van der Waals surface area contributed by atoms with Crippen LogP contribution in [0.1, 0.15) is 13.8 Å². The maximum Gasteiger partial charge on any atom is 0.140 e. The van der Waals surface area contributed by atoms with E-state index in [0.29, 0.717) is 0 Å². The molecule has 0 saturated carbocycles. The normalized spacial score (nSPS) is 14.4. The molecule has 1 saturated heterocycles. The van der Waals surface area contributed by atoms with Gasteiger partial charge in [-0.05, 0) is 30.3 Å². The van der Waals surface area contributed by atoms with Gasteiger partial charge < -0.3 is 15.2 Å². The molecule has 0 radical (unpaired) electrons. The van der Waals surface area contributed by atoms with Crippen LogP contribution >= 0.6 is 11.6 Å². The molecule has 1 aliphatic rings. The number of benzene rings is 2. The summed E-state index contributed by atoms with van der Waals surface area (Å²) < 4.78 is 0. The minimum Gasteiger partial charge on any atom is -0.369 e. The summed E-state index contributed by atoms with van der Waals surface area (Å²) in [4.78, 5) is 10.4. The van der Waals surface area contributed by atoms with Crippen molar-refractivity contribution in [2.75, 3.05) is 31.1 Å². The zero-order chi connectivity index (χ0) is 16.9. The van der Waals surface area contributed by atoms with Crippen molar-refractivity contribution in [1.82, 2.24) is 15.3 Å². The van der Waals surface area contributed by atoms with Gasteiger partial charge in [-0.1, -0.05) is 37.6 Å². The zero-order valence-corrected chi connectivity index (χ0v) is 14.9. The lowest BCUT2D eigenvalue weighted by Crippen LogP contribution is -2.43. The molecular weight excluding hydrogens is 320 g/mol. The number of fused-ring (bicyclic) bond motifs is 1. The van der Waals surface area contributed by atoms with Crippen LogP contribution in [0.3, 0.4) is 0 Å². The molecule has 24 heavy (non-hydrogen) atoms. The molecule has 0 unspecified atom stereocenters. The number of halogens is 1. The van der Waals surface area contributed by atoms with Gasteiger partial charge in [-0.3, -0.25) is 0 Å². The van der Waals surface area contributed by atoms with Gasteiger partial charge in [0.15, 0.2) is 0 Å². The minimum absolute atomic E-state index is 0.720. The second kappa shape index (κ2) is 7.69. The third-order valence-electron chi connectivity index (χ3n) is 4.08. The number of H-pyrrole nitrogens is 1. The largest absolute Gasteiger partial charge is 0.369 e. The first-order valence-electron chi connectivity index (χ1n) is 8.51. The summed E-state index contributed by atoms with van der Waals surface area (Å²) >= 11 is 6.41. The number of aromatic amines is 1. The lowest BCUT2D eigenvalue weighted by Gasteiger charge is -2.29. The predicted molar refractivity (Wildman–Crippen MR) is 103 cm³/mol. The smallest absolute Gasteiger partial charge is 0.140 e. The standard InChI is InChI=1S/C17H17ClN4.C2H6/c18-14-6-5-12(22-9-7-19-8-10-22)11-13(14)17-20-15-3-1-2-4-16(15)21-17;1-2/h1-6,11,19H,7-10H2,(H,20,21);1-2H3.